The van der Waals surface area contributed by atoms with Crippen LogP contribution in [0.25, 0.3) is 0 Å². The largest absolute Gasteiger partial charge is 0.315 e. The lowest BCUT2D eigenvalue weighted by atomic mass is 10.0. The van der Waals surface area contributed by atoms with Gasteiger partial charge in [0, 0.05) is 12.1 Å². The predicted molar refractivity (Wildman–Crippen MR) is 51.2 cm³/mol. The molecule has 0 amide bonds. The highest BCUT2D eigenvalue weighted by atomic mass is 15.0. The summed E-state index contributed by atoms with van der Waals surface area (Å²) in [5.74, 6) is 1.01. The van der Waals surface area contributed by atoms with Crippen LogP contribution >= 0.6 is 0 Å². The van der Waals surface area contributed by atoms with Crippen LogP contribution in [-0.4, -0.2) is 25.2 Å². The van der Waals surface area contributed by atoms with E-state index < -0.39 is 0 Å². The highest BCUT2D eigenvalue weighted by Crippen LogP contribution is 2.27. The first kappa shape index (κ1) is 8.52. The second-order valence-corrected chi connectivity index (χ2v) is 4.67. The van der Waals surface area contributed by atoms with E-state index in [2.05, 4.69) is 17.6 Å². The summed E-state index contributed by atoms with van der Waals surface area (Å²) < 4.78 is 0. The fraction of sp³-hybridized carbons (Fsp3) is 1.00. The summed E-state index contributed by atoms with van der Waals surface area (Å²) in [6.07, 6.45) is 5.60. The Morgan fingerprint density at radius 3 is 2.92 bits per heavy atom. The summed E-state index contributed by atoms with van der Waals surface area (Å²) in [7, 11) is 0. The van der Waals surface area contributed by atoms with E-state index >= 15 is 0 Å². The molecule has 2 N–H and O–H groups in total. The van der Waals surface area contributed by atoms with Crippen molar-refractivity contribution in [3.8, 4) is 0 Å². The van der Waals surface area contributed by atoms with E-state index in [1.807, 2.05) is 0 Å². The van der Waals surface area contributed by atoms with Gasteiger partial charge in [-0.1, -0.05) is 0 Å². The lowest BCUT2D eigenvalue weighted by Gasteiger charge is -2.24. The van der Waals surface area contributed by atoms with Crippen LogP contribution < -0.4 is 10.6 Å². The summed E-state index contributed by atoms with van der Waals surface area (Å²) in [6, 6.07) is 0. The van der Waals surface area contributed by atoms with E-state index in [0.717, 1.165) is 12.5 Å². The van der Waals surface area contributed by atoms with Gasteiger partial charge in [-0.2, -0.15) is 0 Å². The number of hydrogen-bond acceptors (Lipinski definition) is 2. The van der Waals surface area contributed by atoms with Crippen molar-refractivity contribution in [3.05, 3.63) is 0 Å². The van der Waals surface area contributed by atoms with Gasteiger partial charge in [0.05, 0.1) is 0 Å². The second-order valence-electron chi connectivity index (χ2n) is 4.67. The molecule has 1 heterocycles. The quantitative estimate of drug-likeness (QED) is 0.657. The Morgan fingerprint density at radius 2 is 2.33 bits per heavy atom. The third-order valence-corrected chi connectivity index (χ3v) is 3.10. The molecule has 1 unspecified atom stereocenters. The smallest absolute Gasteiger partial charge is 0.0278 e. The Morgan fingerprint density at radius 1 is 1.50 bits per heavy atom. The van der Waals surface area contributed by atoms with Gasteiger partial charge in [-0.15, -0.1) is 0 Å². The molecule has 1 aliphatic carbocycles. The minimum atomic E-state index is 0.398. The van der Waals surface area contributed by atoms with Crippen LogP contribution in [0.5, 0.6) is 0 Å². The summed E-state index contributed by atoms with van der Waals surface area (Å²) in [4.78, 5) is 0. The average Bonchev–Trinajstić information content (AvgIpc) is 2.75. The van der Waals surface area contributed by atoms with Crippen LogP contribution in [0.15, 0.2) is 0 Å². The van der Waals surface area contributed by atoms with Gasteiger partial charge in [0.2, 0.25) is 0 Å². The summed E-state index contributed by atoms with van der Waals surface area (Å²) in [5.41, 5.74) is 0.398. The molecular weight excluding hydrogens is 148 g/mol. The normalized spacial score (nSPS) is 35.8. The van der Waals surface area contributed by atoms with E-state index in [0.29, 0.717) is 5.54 Å². The van der Waals surface area contributed by atoms with Crippen molar-refractivity contribution in [1.29, 1.82) is 0 Å². The van der Waals surface area contributed by atoms with Crippen molar-refractivity contribution in [1.82, 2.24) is 10.6 Å². The van der Waals surface area contributed by atoms with Crippen molar-refractivity contribution in [2.45, 2.75) is 38.1 Å². The summed E-state index contributed by atoms with van der Waals surface area (Å²) in [5, 5.41) is 7.13. The first-order valence-electron chi connectivity index (χ1n) is 5.24. The van der Waals surface area contributed by atoms with Crippen molar-refractivity contribution < 1.29 is 0 Å². The summed E-state index contributed by atoms with van der Waals surface area (Å²) in [6.45, 7) is 5.95. The number of nitrogens with one attached hydrogen (secondary N) is 2. The highest BCUT2D eigenvalue weighted by molar-refractivity contribution is 4.91. The van der Waals surface area contributed by atoms with Crippen LogP contribution in [0.2, 0.25) is 0 Å². The van der Waals surface area contributed by atoms with E-state index in [-0.39, 0.29) is 0 Å². The highest BCUT2D eigenvalue weighted by Gasteiger charge is 2.28. The van der Waals surface area contributed by atoms with E-state index in [1.54, 1.807) is 0 Å². The molecular formula is C10H20N2. The van der Waals surface area contributed by atoms with E-state index in [4.69, 9.17) is 0 Å². The zero-order chi connectivity index (χ0) is 8.44. The molecule has 1 saturated carbocycles. The molecule has 0 radical (unpaired) electrons. The Balaban J connectivity index is 1.63. The third-order valence-electron chi connectivity index (χ3n) is 3.10. The molecule has 2 heteroatoms. The standard InChI is InChI=1S/C10H20N2/c1-10(5-2-6-12-10)8-11-7-9-3-4-9/h9,11-12H,2-8H2,1H3. The fourth-order valence-electron chi connectivity index (χ4n) is 1.98. The molecule has 2 rings (SSSR count). The fourth-order valence-corrected chi connectivity index (χ4v) is 1.98. The SMILES string of the molecule is CC1(CNCC2CC2)CCCN1. The van der Waals surface area contributed by atoms with Crippen LogP contribution in [-0.2, 0) is 0 Å². The van der Waals surface area contributed by atoms with E-state index in [9.17, 15) is 0 Å². The Bertz CT molecular complexity index is 146. The van der Waals surface area contributed by atoms with Crippen LogP contribution in [0.3, 0.4) is 0 Å². The van der Waals surface area contributed by atoms with Crippen molar-refractivity contribution >= 4 is 0 Å². The lowest BCUT2D eigenvalue weighted by Crippen LogP contribution is -2.46. The third kappa shape index (κ3) is 2.20. The maximum absolute atomic E-state index is 3.57. The molecule has 1 aliphatic heterocycles. The van der Waals surface area contributed by atoms with Gasteiger partial charge in [-0.25, -0.2) is 0 Å². The Labute approximate surface area is 75.1 Å². The minimum absolute atomic E-state index is 0.398. The van der Waals surface area contributed by atoms with Gasteiger partial charge in [-0.05, 0) is 51.6 Å². The Hall–Kier alpha value is -0.0800. The molecule has 0 aromatic heterocycles. The van der Waals surface area contributed by atoms with Crippen molar-refractivity contribution in [2.24, 2.45) is 5.92 Å². The molecule has 1 saturated heterocycles. The van der Waals surface area contributed by atoms with Crippen molar-refractivity contribution in [3.63, 3.8) is 0 Å². The molecule has 2 fully saturated rings. The Kier molecular flexibility index (Phi) is 2.37. The van der Waals surface area contributed by atoms with Gasteiger partial charge in [-0.3, -0.25) is 0 Å². The molecule has 0 bridgehead atoms. The van der Waals surface area contributed by atoms with E-state index in [1.165, 1.54) is 38.8 Å². The van der Waals surface area contributed by atoms with Gasteiger partial charge >= 0.3 is 0 Å². The first-order valence-corrected chi connectivity index (χ1v) is 5.24. The molecule has 70 valence electrons. The lowest BCUT2D eigenvalue weighted by molar-refractivity contribution is 0.383. The van der Waals surface area contributed by atoms with Gasteiger partial charge in [0.15, 0.2) is 0 Å². The van der Waals surface area contributed by atoms with Crippen LogP contribution in [0.1, 0.15) is 32.6 Å². The molecule has 2 aliphatic rings. The van der Waals surface area contributed by atoms with Crippen LogP contribution in [0.4, 0.5) is 0 Å². The zero-order valence-corrected chi connectivity index (χ0v) is 8.03. The van der Waals surface area contributed by atoms with Gasteiger partial charge in [0.1, 0.15) is 0 Å². The molecule has 2 nitrogen and oxygen atoms in total. The van der Waals surface area contributed by atoms with Gasteiger partial charge < -0.3 is 10.6 Å². The molecule has 1 atom stereocenters. The predicted octanol–water partition coefficient (Wildman–Crippen LogP) is 1.13. The average molecular weight is 168 g/mol. The molecule has 0 aromatic rings. The topological polar surface area (TPSA) is 24.1 Å². The monoisotopic (exact) mass is 168 g/mol. The molecule has 0 aromatic carbocycles. The maximum atomic E-state index is 3.57. The molecule has 0 spiro atoms. The minimum Gasteiger partial charge on any atom is -0.315 e. The second kappa shape index (κ2) is 3.35. The van der Waals surface area contributed by atoms with Crippen molar-refractivity contribution in [2.75, 3.05) is 19.6 Å². The molecule has 12 heavy (non-hydrogen) atoms. The summed E-state index contributed by atoms with van der Waals surface area (Å²) >= 11 is 0. The number of rotatable bonds is 4. The zero-order valence-electron chi connectivity index (χ0n) is 8.03. The first-order chi connectivity index (χ1) is 5.79. The van der Waals surface area contributed by atoms with Gasteiger partial charge in [0.25, 0.3) is 0 Å². The maximum Gasteiger partial charge on any atom is 0.0278 e. The van der Waals surface area contributed by atoms with Crippen LogP contribution in [0, 0.1) is 5.92 Å². The number of hydrogen-bond donors (Lipinski definition) is 2.